The summed E-state index contributed by atoms with van der Waals surface area (Å²) >= 11 is 3.36. The van der Waals surface area contributed by atoms with E-state index in [2.05, 4.69) is 25.9 Å². The molecule has 0 spiro atoms. The highest BCUT2D eigenvalue weighted by Crippen LogP contribution is 2.35. The van der Waals surface area contributed by atoms with Crippen molar-refractivity contribution in [3.63, 3.8) is 0 Å². The Morgan fingerprint density at radius 2 is 2.33 bits per heavy atom. The predicted molar refractivity (Wildman–Crippen MR) is 77.7 cm³/mol. The Bertz CT molecular complexity index is 714. The van der Waals surface area contributed by atoms with Crippen LogP contribution in [0.4, 0.5) is 5.82 Å². The molecule has 21 heavy (non-hydrogen) atoms. The van der Waals surface area contributed by atoms with Gasteiger partial charge in [-0.1, -0.05) is 0 Å². The smallest absolute Gasteiger partial charge is 0.348 e. The average Bonchev–Trinajstić information content (AvgIpc) is 2.90. The fourth-order valence-electron chi connectivity index (χ4n) is 2.42. The zero-order chi connectivity index (χ0) is 14.4. The molecule has 0 amide bonds. The first kappa shape index (κ1) is 15.9. The van der Waals surface area contributed by atoms with Gasteiger partial charge in [-0.2, -0.15) is 4.98 Å². The van der Waals surface area contributed by atoms with Gasteiger partial charge < -0.3 is 30.7 Å². The molecule has 2 aromatic rings. The molecule has 1 aliphatic rings. The summed E-state index contributed by atoms with van der Waals surface area (Å²) in [6, 6.07) is 0. The van der Waals surface area contributed by atoms with Crippen LogP contribution in [0.1, 0.15) is 12.6 Å². The van der Waals surface area contributed by atoms with Crippen LogP contribution in [-0.4, -0.2) is 49.0 Å². The molecular formula is C11H15BrN4O5. The van der Waals surface area contributed by atoms with Gasteiger partial charge in [0.25, 0.3) is 0 Å². The average molecular weight is 363 g/mol. The lowest BCUT2D eigenvalue weighted by atomic mass is 10.2. The molecule has 1 aliphatic heterocycles. The van der Waals surface area contributed by atoms with Gasteiger partial charge in [0.05, 0.1) is 18.1 Å². The van der Waals surface area contributed by atoms with E-state index < -0.39 is 24.1 Å². The third-order valence-electron chi connectivity index (χ3n) is 3.37. The second-order valence-corrected chi connectivity index (χ2v) is 5.51. The molecule has 9 nitrogen and oxygen atoms in total. The number of anilines is 1. The maximum atomic E-state index is 11.5. The first-order valence-corrected chi connectivity index (χ1v) is 6.80. The Morgan fingerprint density at radius 3 is 2.95 bits per heavy atom. The van der Waals surface area contributed by atoms with E-state index in [1.165, 1.54) is 0 Å². The van der Waals surface area contributed by atoms with E-state index in [9.17, 15) is 9.90 Å². The molecule has 0 radical (unpaired) electrons. The third kappa shape index (κ3) is 2.56. The minimum Gasteiger partial charge on any atom is -0.412 e. The molecule has 116 valence electrons. The van der Waals surface area contributed by atoms with Crippen molar-refractivity contribution in [2.24, 2.45) is 0 Å². The third-order valence-corrected chi connectivity index (χ3v) is 3.97. The van der Waals surface area contributed by atoms with Crippen LogP contribution in [0.25, 0.3) is 11.0 Å². The Hall–Kier alpha value is -1.46. The fraction of sp³-hybridized carbons (Fsp3) is 0.455. The number of fused-ring (bicyclic) bond motifs is 1. The van der Waals surface area contributed by atoms with E-state index in [4.69, 9.17) is 15.6 Å². The van der Waals surface area contributed by atoms with Gasteiger partial charge in [-0.3, -0.25) is 4.98 Å². The number of nitrogens with one attached hydrogen (secondary N) is 1. The lowest BCUT2D eigenvalue weighted by Gasteiger charge is -2.14. The number of H-pyrrole nitrogens is 1. The van der Waals surface area contributed by atoms with Gasteiger partial charge >= 0.3 is 5.69 Å². The molecule has 3 rings (SSSR count). The molecule has 0 aromatic carbocycles. The van der Waals surface area contributed by atoms with Crippen LogP contribution in [-0.2, 0) is 4.74 Å². The molecule has 3 atom stereocenters. The van der Waals surface area contributed by atoms with Crippen LogP contribution < -0.4 is 11.4 Å². The van der Waals surface area contributed by atoms with Crippen molar-refractivity contribution in [1.29, 1.82) is 0 Å². The number of halogens is 1. The summed E-state index contributed by atoms with van der Waals surface area (Å²) in [6.45, 7) is -0.270. The van der Waals surface area contributed by atoms with Gasteiger partial charge in [0, 0.05) is 17.1 Å². The molecule has 0 unspecified atom stereocenters. The van der Waals surface area contributed by atoms with Crippen molar-refractivity contribution in [3.8, 4) is 0 Å². The standard InChI is InChI=1S/C11H13BrN4O4.H2O/c12-4-2-16(7-1-5(18)6(3-17)20-7)10-8(4)9(13)14-11(19)15-10;/h2,5-7,17-18H,1,3H2,(H3,13,14,15,19);1H2/t5-,6+,7+;/m0./s1. The number of nitrogens with zero attached hydrogens (tertiary/aromatic N) is 2. The van der Waals surface area contributed by atoms with Gasteiger partial charge in [0.2, 0.25) is 0 Å². The molecule has 0 aliphatic carbocycles. The summed E-state index contributed by atoms with van der Waals surface area (Å²) in [5.41, 5.74) is 5.59. The largest absolute Gasteiger partial charge is 0.412 e. The van der Waals surface area contributed by atoms with E-state index in [0.29, 0.717) is 21.9 Å². The first-order chi connectivity index (χ1) is 9.51. The summed E-state index contributed by atoms with van der Waals surface area (Å²) in [4.78, 5) is 17.8. The monoisotopic (exact) mass is 362 g/mol. The van der Waals surface area contributed by atoms with Crippen LogP contribution in [0.15, 0.2) is 15.5 Å². The summed E-state index contributed by atoms with van der Waals surface area (Å²) in [6.07, 6.45) is 0.0784. The quantitative estimate of drug-likeness (QED) is 0.529. The van der Waals surface area contributed by atoms with Crippen molar-refractivity contribution < 1.29 is 20.4 Å². The summed E-state index contributed by atoms with van der Waals surface area (Å²) < 4.78 is 7.85. The molecular weight excluding hydrogens is 348 g/mol. The summed E-state index contributed by atoms with van der Waals surface area (Å²) in [5, 5.41) is 19.5. The molecule has 1 fully saturated rings. The summed E-state index contributed by atoms with van der Waals surface area (Å²) in [7, 11) is 0. The zero-order valence-electron chi connectivity index (χ0n) is 10.8. The number of hydrogen-bond acceptors (Lipinski definition) is 6. The number of rotatable bonds is 2. The molecule has 0 bridgehead atoms. The van der Waals surface area contributed by atoms with Crippen molar-refractivity contribution in [2.45, 2.75) is 24.9 Å². The SMILES string of the molecule is Nc1[nH]c(=O)nc2c1c(Br)cn2[C@H]1C[C@H](O)[C@@H](CO)O1.O. The molecule has 0 saturated carbocycles. The van der Waals surface area contributed by atoms with Crippen LogP contribution in [0.3, 0.4) is 0 Å². The van der Waals surface area contributed by atoms with Crippen LogP contribution >= 0.6 is 15.9 Å². The predicted octanol–water partition coefficient (Wildman–Crippen LogP) is -1.11. The van der Waals surface area contributed by atoms with Crippen LogP contribution in [0, 0.1) is 0 Å². The fourth-order valence-corrected chi connectivity index (χ4v) is 3.03. The van der Waals surface area contributed by atoms with Crippen LogP contribution in [0.2, 0.25) is 0 Å². The van der Waals surface area contributed by atoms with E-state index in [1.54, 1.807) is 10.8 Å². The zero-order valence-corrected chi connectivity index (χ0v) is 12.4. The number of ether oxygens (including phenoxy) is 1. The molecule has 10 heteroatoms. The van der Waals surface area contributed by atoms with Gasteiger partial charge in [-0.05, 0) is 15.9 Å². The van der Waals surface area contributed by atoms with Crippen molar-refractivity contribution in [3.05, 3.63) is 21.2 Å². The number of aromatic nitrogens is 3. The lowest BCUT2D eigenvalue weighted by molar-refractivity contribution is -0.0430. The minimum absolute atomic E-state index is 0. The van der Waals surface area contributed by atoms with Crippen molar-refractivity contribution >= 4 is 32.8 Å². The first-order valence-electron chi connectivity index (χ1n) is 6.01. The number of nitrogens with two attached hydrogens (primary N) is 1. The number of hydrogen-bond donors (Lipinski definition) is 4. The number of nitrogen functional groups attached to an aromatic ring is 1. The normalized spacial score (nSPS) is 25.2. The van der Waals surface area contributed by atoms with Crippen molar-refractivity contribution in [1.82, 2.24) is 14.5 Å². The minimum atomic E-state index is -0.763. The highest BCUT2D eigenvalue weighted by Gasteiger charge is 2.35. The van der Waals surface area contributed by atoms with Crippen LogP contribution in [0.5, 0.6) is 0 Å². The molecule has 3 heterocycles. The molecule has 1 saturated heterocycles. The number of aromatic amines is 1. The number of aliphatic hydroxyl groups is 2. The highest BCUT2D eigenvalue weighted by molar-refractivity contribution is 9.10. The maximum Gasteiger partial charge on any atom is 0.348 e. The Morgan fingerprint density at radius 1 is 1.62 bits per heavy atom. The van der Waals surface area contributed by atoms with Gasteiger partial charge in [0.1, 0.15) is 18.1 Å². The van der Waals surface area contributed by atoms with Gasteiger partial charge in [-0.25, -0.2) is 4.79 Å². The van der Waals surface area contributed by atoms with Crippen molar-refractivity contribution in [2.75, 3.05) is 12.3 Å². The summed E-state index contributed by atoms with van der Waals surface area (Å²) in [5.74, 6) is 0.211. The second kappa shape index (κ2) is 5.73. The second-order valence-electron chi connectivity index (χ2n) is 4.65. The Labute approximate surface area is 126 Å². The lowest BCUT2D eigenvalue weighted by Crippen LogP contribution is -2.24. The molecule has 7 N–H and O–H groups in total. The van der Waals surface area contributed by atoms with E-state index in [0.717, 1.165) is 0 Å². The van der Waals surface area contributed by atoms with Gasteiger partial charge in [-0.15, -0.1) is 0 Å². The van der Waals surface area contributed by atoms with E-state index in [-0.39, 0.29) is 17.9 Å². The topological polar surface area (TPSA) is 158 Å². The highest BCUT2D eigenvalue weighted by atomic mass is 79.9. The Balaban J connectivity index is 0.00000161. The van der Waals surface area contributed by atoms with E-state index in [1.807, 2.05) is 0 Å². The van der Waals surface area contributed by atoms with Gasteiger partial charge in [0.15, 0.2) is 5.65 Å². The van der Waals surface area contributed by atoms with E-state index >= 15 is 0 Å². The Kier molecular flexibility index (Phi) is 4.35. The molecule has 2 aromatic heterocycles. The number of aliphatic hydroxyl groups excluding tert-OH is 2. The maximum absolute atomic E-state index is 11.5.